The standard InChI is InChI=1S/C21H20F4N4O3/c1-11-15(9-6-13(10-26)16(11)21(23,24)25)27-17(20(2,3)32)19(31)29-28-18(30)12-4-7-14(22)8-5-12/h4-9,17,27,32H,1-3H3,(H,28,30)(H,29,31)/t17-/m0/s1. The van der Waals surface area contributed by atoms with Gasteiger partial charge >= 0.3 is 6.18 Å². The van der Waals surface area contributed by atoms with Gasteiger partial charge in [0, 0.05) is 11.3 Å². The molecule has 2 amide bonds. The summed E-state index contributed by atoms with van der Waals surface area (Å²) < 4.78 is 53.2. The zero-order chi connectivity index (χ0) is 24.3. The van der Waals surface area contributed by atoms with Crippen LogP contribution >= 0.6 is 0 Å². The number of alkyl halides is 3. The summed E-state index contributed by atoms with van der Waals surface area (Å²) in [6, 6.07) is 6.58. The van der Waals surface area contributed by atoms with Crippen LogP contribution in [0.15, 0.2) is 36.4 Å². The average Bonchev–Trinajstić information content (AvgIpc) is 2.69. The summed E-state index contributed by atoms with van der Waals surface area (Å²) in [6.07, 6.45) is -4.82. The molecule has 0 fully saturated rings. The van der Waals surface area contributed by atoms with Gasteiger partial charge in [0.2, 0.25) is 0 Å². The second-order valence-electron chi connectivity index (χ2n) is 7.45. The fraction of sp³-hybridized carbons (Fsp3) is 0.286. The maximum atomic E-state index is 13.4. The molecule has 11 heteroatoms. The van der Waals surface area contributed by atoms with Gasteiger partial charge in [-0.05, 0) is 62.7 Å². The Bertz CT molecular complexity index is 1050. The molecule has 0 spiro atoms. The molecule has 0 aliphatic carbocycles. The second-order valence-corrected chi connectivity index (χ2v) is 7.45. The lowest BCUT2D eigenvalue weighted by Gasteiger charge is -2.31. The van der Waals surface area contributed by atoms with Gasteiger partial charge < -0.3 is 10.4 Å². The van der Waals surface area contributed by atoms with Gasteiger partial charge in [-0.2, -0.15) is 18.4 Å². The predicted molar refractivity (Wildman–Crippen MR) is 107 cm³/mol. The molecule has 0 radical (unpaired) electrons. The van der Waals surface area contributed by atoms with E-state index < -0.39 is 46.6 Å². The van der Waals surface area contributed by atoms with Crippen LogP contribution in [0.4, 0.5) is 23.2 Å². The van der Waals surface area contributed by atoms with Gasteiger partial charge in [-0.15, -0.1) is 0 Å². The minimum atomic E-state index is -4.82. The van der Waals surface area contributed by atoms with Gasteiger partial charge in [0.05, 0.1) is 22.8 Å². The average molecular weight is 452 g/mol. The molecule has 0 aliphatic heterocycles. The number of nitrogens with one attached hydrogen (secondary N) is 3. The maximum absolute atomic E-state index is 13.4. The van der Waals surface area contributed by atoms with E-state index in [9.17, 15) is 32.3 Å². The van der Waals surface area contributed by atoms with E-state index in [1.165, 1.54) is 38.1 Å². The Morgan fingerprint density at radius 1 is 1.06 bits per heavy atom. The first-order valence-corrected chi connectivity index (χ1v) is 9.21. The minimum absolute atomic E-state index is 0.0391. The van der Waals surface area contributed by atoms with Gasteiger partial charge in [0.1, 0.15) is 11.9 Å². The van der Waals surface area contributed by atoms with Gasteiger partial charge in [0.15, 0.2) is 0 Å². The van der Waals surface area contributed by atoms with E-state index in [2.05, 4.69) is 16.2 Å². The third-order valence-corrected chi connectivity index (χ3v) is 4.54. The molecule has 32 heavy (non-hydrogen) atoms. The number of hydrogen-bond donors (Lipinski definition) is 4. The Morgan fingerprint density at radius 3 is 2.16 bits per heavy atom. The topological polar surface area (TPSA) is 114 Å². The van der Waals surface area contributed by atoms with Crippen molar-refractivity contribution in [1.29, 1.82) is 5.26 Å². The number of halogens is 4. The Balaban J connectivity index is 2.26. The molecule has 2 aromatic carbocycles. The van der Waals surface area contributed by atoms with Crippen molar-refractivity contribution in [3.05, 3.63) is 64.5 Å². The number of rotatable bonds is 5. The quantitative estimate of drug-likeness (QED) is 0.411. The Morgan fingerprint density at radius 2 is 1.66 bits per heavy atom. The van der Waals surface area contributed by atoms with E-state index in [0.29, 0.717) is 0 Å². The van der Waals surface area contributed by atoms with Gasteiger partial charge in [-0.3, -0.25) is 20.4 Å². The maximum Gasteiger partial charge on any atom is 0.418 e. The van der Waals surface area contributed by atoms with Gasteiger partial charge in [-0.1, -0.05) is 0 Å². The van der Waals surface area contributed by atoms with Crippen LogP contribution in [0.1, 0.15) is 40.9 Å². The molecule has 7 nitrogen and oxygen atoms in total. The lowest BCUT2D eigenvalue weighted by molar-refractivity contribution is -0.138. The van der Waals surface area contributed by atoms with Crippen LogP contribution in [-0.4, -0.2) is 28.6 Å². The molecule has 0 heterocycles. The van der Waals surface area contributed by atoms with Crippen molar-refractivity contribution in [2.75, 3.05) is 5.32 Å². The molecule has 0 aliphatic rings. The number of hydrazine groups is 1. The summed E-state index contributed by atoms with van der Waals surface area (Å²) in [5.41, 5.74) is 0.211. The SMILES string of the molecule is Cc1c(N[C@@H](C(=O)NNC(=O)c2ccc(F)cc2)C(C)(C)O)ccc(C#N)c1C(F)(F)F. The smallest absolute Gasteiger partial charge is 0.388 e. The Kier molecular flexibility index (Phi) is 7.10. The van der Waals surface area contributed by atoms with E-state index >= 15 is 0 Å². The second kappa shape index (κ2) is 9.23. The number of anilines is 1. The molecular formula is C21H20F4N4O3. The Hall–Kier alpha value is -3.65. The molecule has 0 unspecified atom stereocenters. The highest BCUT2D eigenvalue weighted by atomic mass is 19.4. The summed E-state index contributed by atoms with van der Waals surface area (Å²) in [4.78, 5) is 24.7. The molecule has 0 aromatic heterocycles. The van der Waals surface area contributed by atoms with Gasteiger partial charge in [-0.25, -0.2) is 4.39 Å². The molecule has 4 N–H and O–H groups in total. The van der Waals surface area contributed by atoms with Crippen LogP contribution in [0, 0.1) is 24.1 Å². The molecule has 0 bridgehead atoms. The molecule has 1 atom stereocenters. The lowest BCUT2D eigenvalue weighted by Crippen LogP contribution is -2.56. The normalized spacial score (nSPS) is 12.5. The summed E-state index contributed by atoms with van der Waals surface area (Å²) in [5.74, 6) is -2.29. The Labute approximate surface area is 181 Å². The van der Waals surface area contributed by atoms with Crippen molar-refractivity contribution in [2.24, 2.45) is 0 Å². The number of aliphatic hydroxyl groups is 1. The molecule has 0 saturated carbocycles. The van der Waals surface area contributed by atoms with Crippen LogP contribution in [0.5, 0.6) is 0 Å². The monoisotopic (exact) mass is 452 g/mol. The highest BCUT2D eigenvalue weighted by Crippen LogP contribution is 2.37. The first-order valence-electron chi connectivity index (χ1n) is 9.21. The number of benzene rings is 2. The first-order chi connectivity index (χ1) is 14.8. The number of carbonyl (C=O) groups excluding carboxylic acids is 2. The lowest BCUT2D eigenvalue weighted by atomic mass is 9.95. The number of nitriles is 1. The van der Waals surface area contributed by atoms with Crippen LogP contribution in [0.3, 0.4) is 0 Å². The third kappa shape index (κ3) is 5.73. The van der Waals surface area contributed by atoms with E-state index in [0.717, 1.165) is 25.1 Å². The molecule has 0 saturated heterocycles. The van der Waals surface area contributed by atoms with Crippen molar-refractivity contribution < 1.29 is 32.3 Å². The van der Waals surface area contributed by atoms with E-state index in [4.69, 9.17) is 5.26 Å². The van der Waals surface area contributed by atoms with Crippen molar-refractivity contribution in [3.63, 3.8) is 0 Å². The predicted octanol–water partition coefficient (Wildman–Crippen LogP) is 3.04. The molecule has 2 rings (SSSR count). The zero-order valence-corrected chi connectivity index (χ0v) is 17.3. The van der Waals surface area contributed by atoms with Crippen LogP contribution in [-0.2, 0) is 11.0 Å². The summed E-state index contributed by atoms with van der Waals surface area (Å²) in [5, 5.41) is 21.9. The van der Waals surface area contributed by atoms with Crippen molar-refractivity contribution >= 4 is 17.5 Å². The van der Waals surface area contributed by atoms with Crippen molar-refractivity contribution in [1.82, 2.24) is 10.9 Å². The first kappa shape index (κ1) is 24.6. The zero-order valence-electron chi connectivity index (χ0n) is 17.3. The van der Waals surface area contributed by atoms with Crippen LogP contribution in [0.2, 0.25) is 0 Å². The highest BCUT2D eigenvalue weighted by molar-refractivity contribution is 5.96. The summed E-state index contributed by atoms with van der Waals surface area (Å²) in [7, 11) is 0. The largest absolute Gasteiger partial charge is 0.418 e. The van der Waals surface area contributed by atoms with E-state index in [1.54, 1.807) is 0 Å². The van der Waals surface area contributed by atoms with E-state index in [-0.39, 0.29) is 16.8 Å². The van der Waals surface area contributed by atoms with Crippen LogP contribution < -0.4 is 16.2 Å². The minimum Gasteiger partial charge on any atom is -0.388 e. The molecule has 170 valence electrons. The number of nitrogens with zero attached hydrogens (tertiary/aromatic N) is 1. The number of hydrogen-bond acceptors (Lipinski definition) is 5. The summed E-state index contributed by atoms with van der Waals surface area (Å²) >= 11 is 0. The summed E-state index contributed by atoms with van der Waals surface area (Å²) in [6.45, 7) is 3.62. The van der Waals surface area contributed by atoms with Crippen molar-refractivity contribution in [3.8, 4) is 6.07 Å². The highest BCUT2D eigenvalue weighted by Gasteiger charge is 2.38. The molecule has 2 aromatic rings. The third-order valence-electron chi connectivity index (χ3n) is 4.54. The van der Waals surface area contributed by atoms with E-state index in [1.807, 2.05) is 0 Å². The number of amides is 2. The fourth-order valence-electron chi connectivity index (χ4n) is 2.91. The molecular weight excluding hydrogens is 432 g/mol. The number of carbonyl (C=O) groups is 2. The van der Waals surface area contributed by atoms with Gasteiger partial charge in [0.25, 0.3) is 11.8 Å². The van der Waals surface area contributed by atoms with Crippen molar-refractivity contribution in [2.45, 2.75) is 38.6 Å². The fourth-order valence-corrected chi connectivity index (χ4v) is 2.91. The van der Waals surface area contributed by atoms with Crippen LogP contribution in [0.25, 0.3) is 0 Å².